The van der Waals surface area contributed by atoms with Crippen LogP contribution in [0.25, 0.3) is 10.4 Å². The highest BCUT2D eigenvalue weighted by Gasteiger charge is 2.53. The van der Waals surface area contributed by atoms with E-state index in [1.165, 1.54) is 0 Å². The second kappa shape index (κ2) is 13.2. The van der Waals surface area contributed by atoms with E-state index < -0.39 is 11.6 Å². The Morgan fingerprint density at radius 2 is 1.85 bits per heavy atom. The molecule has 1 aliphatic heterocycles. The van der Waals surface area contributed by atoms with E-state index >= 15 is 0 Å². The fraction of sp³-hybridized carbons (Fsp3) is 0.333. The van der Waals surface area contributed by atoms with Gasteiger partial charge in [0.1, 0.15) is 5.75 Å². The van der Waals surface area contributed by atoms with Crippen molar-refractivity contribution >= 4 is 27.7 Å². The Morgan fingerprint density at radius 3 is 2.54 bits per heavy atom. The number of aliphatic imine (C=N–C) groups is 1. The summed E-state index contributed by atoms with van der Waals surface area (Å²) in [7, 11) is 0. The van der Waals surface area contributed by atoms with Crippen LogP contribution in [-0.4, -0.2) is 41.7 Å². The number of amides is 1. The van der Waals surface area contributed by atoms with Crippen molar-refractivity contribution in [3.8, 4) is 5.75 Å². The van der Waals surface area contributed by atoms with Gasteiger partial charge in [-0.05, 0) is 71.5 Å². The number of hydrogen-bond donors (Lipinski definition) is 3. The third-order valence-electron chi connectivity index (χ3n) is 7.05. The standard InChI is InChI=1S/C30H31BrN6O4/c31-24-10-6-20(7-11-24)27-30(29(39)36-35-25-12-13-25,18-22-4-1-2-5-23(22)19-33-37-32)34-28(41-27)21-8-14-26(15-9-21)40-17-3-16-38/h1-2,4-11,14-15,25,27,35,38H,3,12-13,16-19H2,(H,36,39)/t27-,30-/m0/s1. The van der Waals surface area contributed by atoms with Crippen LogP contribution in [0.2, 0.25) is 0 Å². The van der Waals surface area contributed by atoms with Crippen molar-refractivity contribution < 1.29 is 19.4 Å². The SMILES string of the molecule is [N-]=[N+]=NCc1ccccc1C[C@]1(C(=O)NNC2CC2)N=C(c2ccc(OCCCO)cc2)O[C@H]1c1ccc(Br)cc1. The maximum atomic E-state index is 14.2. The first kappa shape index (κ1) is 28.6. The van der Waals surface area contributed by atoms with Gasteiger partial charge in [-0.2, -0.15) is 0 Å². The molecule has 3 N–H and O–H groups in total. The van der Waals surface area contributed by atoms with Gasteiger partial charge in [0.25, 0.3) is 5.91 Å². The van der Waals surface area contributed by atoms with E-state index in [4.69, 9.17) is 25.1 Å². The molecule has 1 saturated carbocycles. The summed E-state index contributed by atoms with van der Waals surface area (Å²) in [5, 5.41) is 12.8. The minimum atomic E-state index is -1.37. The molecular weight excluding hydrogens is 588 g/mol. The monoisotopic (exact) mass is 618 g/mol. The van der Waals surface area contributed by atoms with Crippen LogP contribution in [0, 0.1) is 0 Å². The third-order valence-corrected chi connectivity index (χ3v) is 7.58. The smallest absolute Gasteiger partial charge is 0.266 e. The molecule has 0 aromatic heterocycles. The van der Waals surface area contributed by atoms with Crippen molar-refractivity contribution in [2.24, 2.45) is 10.1 Å². The quantitative estimate of drug-likeness (QED) is 0.0783. The van der Waals surface area contributed by atoms with Gasteiger partial charge in [0, 0.05) is 40.4 Å². The molecule has 41 heavy (non-hydrogen) atoms. The third kappa shape index (κ3) is 6.89. The molecule has 0 saturated heterocycles. The molecule has 0 spiro atoms. The Balaban J connectivity index is 1.57. The fourth-order valence-electron chi connectivity index (χ4n) is 4.71. The predicted octanol–water partition coefficient (Wildman–Crippen LogP) is 5.30. The van der Waals surface area contributed by atoms with Crippen LogP contribution in [0.5, 0.6) is 5.75 Å². The van der Waals surface area contributed by atoms with Crippen LogP contribution in [-0.2, 0) is 22.5 Å². The fourth-order valence-corrected chi connectivity index (χ4v) is 4.97. The number of rotatable bonds is 13. The molecule has 1 heterocycles. The molecule has 5 rings (SSSR count). The van der Waals surface area contributed by atoms with Crippen LogP contribution in [0.4, 0.5) is 0 Å². The Kier molecular flexibility index (Phi) is 9.21. The number of carbonyl (C=O) groups is 1. The van der Waals surface area contributed by atoms with Crippen LogP contribution in [0.15, 0.2) is 87.4 Å². The van der Waals surface area contributed by atoms with Crippen molar-refractivity contribution in [2.45, 2.75) is 49.9 Å². The molecule has 0 bridgehead atoms. The summed E-state index contributed by atoms with van der Waals surface area (Å²) >= 11 is 3.50. The van der Waals surface area contributed by atoms with E-state index in [1.807, 2.05) is 72.8 Å². The maximum Gasteiger partial charge on any atom is 0.266 e. The summed E-state index contributed by atoms with van der Waals surface area (Å²) in [4.78, 5) is 22.1. The lowest BCUT2D eigenvalue weighted by Gasteiger charge is -2.31. The Labute approximate surface area is 246 Å². The number of benzene rings is 3. The molecule has 3 aromatic carbocycles. The summed E-state index contributed by atoms with van der Waals surface area (Å²) in [5.74, 6) is 0.693. The van der Waals surface area contributed by atoms with Crippen molar-refractivity contribution in [3.05, 3.63) is 110 Å². The number of nitrogens with zero attached hydrogens (tertiary/aromatic N) is 4. The number of carbonyl (C=O) groups excluding carboxylic acids is 1. The van der Waals surface area contributed by atoms with E-state index in [2.05, 4.69) is 36.8 Å². The number of hydrazine groups is 1. The second-order valence-electron chi connectivity index (χ2n) is 10.0. The molecule has 1 amide bonds. The lowest BCUT2D eigenvalue weighted by atomic mass is 9.81. The van der Waals surface area contributed by atoms with Crippen LogP contribution >= 0.6 is 15.9 Å². The maximum absolute atomic E-state index is 14.2. The molecule has 0 unspecified atom stereocenters. The highest BCUT2D eigenvalue weighted by atomic mass is 79.9. The largest absolute Gasteiger partial charge is 0.494 e. The first-order valence-electron chi connectivity index (χ1n) is 13.5. The Morgan fingerprint density at radius 1 is 1.12 bits per heavy atom. The molecule has 11 heteroatoms. The summed E-state index contributed by atoms with van der Waals surface area (Å²) in [6.45, 7) is 0.625. The van der Waals surface area contributed by atoms with Gasteiger partial charge in [0.05, 0.1) is 13.2 Å². The van der Waals surface area contributed by atoms with Crippen molar-refractivity contribution in [1.82, 2.24) is 10.9 Å². The molecule has 10 nitrogen and oxygen atoms in total. The van der Waals surface area contributed by atoms with Crippen molar-refractivity contribution in [2.75, 3.05) is 13.2 Å². The van der Waals surface area contributed by atoms with Gasteiger partial charge in [-0.15, -0.1) is 0 Å². The summed E-state index contributed by atoms with van der Waals surface area (Å²) < 4.78 is 13.1. The highest BCUT2D eigenvalue weighted by Crippen LogP contribution is 2.43. The normalized spacial score (nSPS) is 19.6. The van der Waals surface area contributed by atoms with Crippen molar-refractivity contribution in [3.63, 3.8) is 0 Å². The van der Waals surface area contributed by atoms with Crippen LogP contribution < -0.4 is 15.6 Å². The molecule has 0 radical (unpaired) electrons. The molecule has 2 atom stereocenters. The zero-order valence-corrected chi connectivity index (χ0v) is 24.0. The zero-order valence-electron chi connectivity index (χ0n) is 22.4. The lowest BCUT2D eigenvalue weighted by molar-refractivity contribution is -0.130. The number of ether oxygens (including phenoxy) is 2. The minimum absolute atomic E-state index is 0.0614. The van der Waals surface area contributed by atoms with Crippen LogP contribution in [0.1, 0.15) is 47.6 Å². The Bertz CT molecular complexity index is 1440. The number of halogens is 1. The van der Waals surface area contributed by atoms with Gasteiger partial charge < -0.3 is 14.6 Å². The number of hydrogen-bond acceptors (Lipinski definition) is 7. The first-order valence-corrected chi connectivity index (χ1v) is 14.3. The van der Waals surface area contributed by atoms with Gasteiger partial charge in [-0.25, -0.2) is 10.4 Å². The van der Waals surface area contributed by atoms with Gasteiger partial charge in [0.15, 0.2) is 11.6 Å². The van der Waals surface area contributed by atoms with E-state index in [0.717, 1.165) is 34.0 Å². The van der Waals surface area contributed by atoms with E-state index in [-0.39, 0.29) is 31.5 Å². The molecular formula is C30H31BrN6O4. The molecule has 1 aliphatic carbocycles. The lowest BCUT2D eigenvalue weighted by Crippen LogP contribution is -2.54. The molecule has 1 fully saturated rings. The van der Waals surface area contributed by atoms with Crippen molar-refractivity contribution in [1.29, 1.82) is 0 Å². The summed E-state index contributed by atoms with van der Waals surface area (Å²) in [5.41, 5.74) is 16.8. The predicted molar refractivity (Wildman–Crippen MR) is 158 cm³/mol. The Hall–Kier alpha value is -3.89. The van der Waals surface area contributed by atoms with Gasteiger partial charge in [-0.3, -0.25) is 10.2 Å². The highest BCUT2D eigenvalue weighted by molar-refractivity contribution is 9.10. The van der Waals surface area contributed by atoms with Gasteiger partial charge in [-0.1, -0.05) is 57.4 Å². The number of nitrogens with one attached hydrogen (secondary N) is 2. The summed E-state index contributed by atoms with van der Waals surface area (Å²) in [6.07, 6.45) is 2.01. The number of aliphatic hydroxyl groups is 1. The average Bonchev–Trinajstić information content (AvgIpc) is 3.75. The topological polar surface area (TPSA) is 141 Å². The number of aliphatic hydroxyl groups excluding tert-OH is 1. The second-order valence-corrected chi connectivity index (χ2v) is 11.0. The number of azide groups is 1. The average molecular weight is 620 g/mol. The zero-order chi connectivity index (χ0) is 28.7. The molecule has 2 aliphatic rings. The van der Waals surface area contributed by atoms with E-state index in [9.17, 15) is 4.79 Å². The molecule has 3 aromatic rings. The minimum Gasteiger partial charge on any atom is -0.494 e. The van der Waals surface area contributed by atoms with Crippen LogP contribution in [0.3, 0.4) is 0 Å². The van der Waals surface area contributed by atoms with E-state index in [1.54, 1.807) is 0 Å². The van der Waals surface area contributed by atoms with Gasteiger partial charge >= 0.3 is 0 Å². The van der Waals surface area contributed by atoms with Gasteiger partial charge in [0.2, 0.25) is 5.90 Å². The van der Waals surface area contributed by atoms with E-state index in [0.29, 0.717) is 30.2 Å². The summed E-state index contributed by atoms with van der Waals surface area (Å²) in [6, 6.07) is 22.8. The first-order chi connectivity index (χ1) is 20.0. The molecule has 212 valence electrons.